The Morgan fingerprint density at radius 3 is 2.60 bits per heavy atom. The van der Waals surface area contributed by atoms with Gasteiger partial charge in [-0.3, -0.25) is 24.5 Å². The molecule has 10 heteroatoms. The summed E-state index contributed by atoms with van der Waals surface area (Å²) in [6.07, 6.45) is 0.938. The van der Waals surface area contributed by atoms with E-state index in [0.29, 0.717) is 37.8 Å². The van der Waals surface area contributed by atoms with Gasteiger partial charge in [0.15, 0.2) is 0 Å². The van der Waals surface area contributed by atoms with E-state index in [1.807, 2.05) is 23.9 Å². The Hall–Kier alpha value is -3.14. The summed E-state index contributed by atoms with van der Waals surface area (Å²) in [4.78, 5) is 41.8. The first-order valence-electron chi connectivity index (χ1n) is 12.6. The van der Waals surface area contributed by atoms with Crippen molar-refractivity contribution in [2.24, 2.45) is 18.9 Å². The van der Waals surface area contributed by atoms with Gasteiger partial charge in [-0.05, 0) is 30.7 Å². The Morgan fingerprint density at radius 1 is 1.14 bits per heavy atom. The second kappa shape index (κ2) is 9.49. The van der Waals surface area contributed by atoms with Crippen LogP contribution < -0.4 is 10.2 Å². The van der Waals surface area contributed by atoms with Crippen LogP contribution in [0.25, 0.3) is 10.9 Å². The summed E-state index contributed by atoms with van der Waals surface area (Å²) in [5.74, 6) is 0.00843. The molecule has 3 fully saturated rings. The number of carbonyl (C=O) groups excluding carboxylic acids is 2. The molecule has 3 saturated heterocycles. The highest BCUT2D eigenvalue weighted by Crippen LogP contribution is 2.35. The van der Waals surface area contributed by atoms with E-state index in [1.54, 1.807) is 0 Å². The number of carboxylic acid groups (broad SMARTS) is 1. The predicted molar refractivity (Wildman–Crippen MR) is 131 cm³/mol. The van der Waals surface area contributed by atoms with E-state index in [-0.39, 0.29) is 11.8 Å². The van der Waals surface area contributed by atoms with Crippen LogP contribution in [0.5, 0.6) is 0 Å². The van der Waals surface area contributed by atoms with Gasteiger partial charge in [0.1, 0.15) is 0 Å². The fourth-order valence-corrected chi connectivity index (χ4v) is 5.95. The zero-order valence-corrected chi connectivity index (χ0v) is 20.4. The monoisotopic (exact) mass is 482 g/mol. The number of hydrogen-bond donors (Lipinski definition) is 2. The van der Waals surface area contributed by atoms with Crippen molar-refractivity contribution in [3.63, 3.8) is 0 Å². The number of piperidine rings is 2. The molecule has 0 radical (unpaired) electrons. The molecule has 0 saturated carbocycles. The average molecular weight is 483 g/mol. The third kappa shape index (κ3) is 4.59. The van der Waals surface area contributed by atoms with Crippen LogP contribution in [0.15, 0.2) is 18.2 Å². The van der Waals surface area contributed by atoms with Crippen molar-refractivity contribution in [2.75, 3.05) is 50.7 Å². The smallest absolute Gasteiger partial charge is 0.407 e. The molecule has 1 unspecified atom stereocenters. The highest BCUT2D eigenvalue weighted by molar-refractivity contribution is 6.03. The van der Waals surface area contributed by atoms with Crippen LogP contribution in [0.3, 0.4) is 0 Å². The summed E-state index contributed by atoms with van der Waals surface area (Å²) in [5, 5.41) is 17.4. The van der Waals surface area contributed by atoms with E-state index >= 15 is 0 Å². The summed E-state index contributed by atoms with van der Waals surface area (Å²) in [5.41, 5.74) is 2.89. The number of carbonyl (C=O) groups is 3. The number of nitrogens with one attached hydrogen (secondary N) is 1. The maximum absolute atomic E-state index is 12.5. The van der Waals surface area contributed by atoms with Gasteiger partial charge in [-0.1, -0.05) is 19.1 Å². The van der Waals surface area contributed by atoms with Crippen LogP contribution in [0.1, 0.15) is 37.8 Å². The number of benzene rings is 1. The molecule has 3 atom stereocenters. The molecule has 1 aromatic heterocycles. The van der Waals surface area contributed by atoms with Crippen LogP contribution in [0.2, 0.25) is 0 Å². The molecule has 188 valence electrons. The van der Waals surface area contributed by atoms with Crippen LogP contribution in [-0.2, 0) is 16.6 Å². The van der Waals surface area contributed by atoms with E-state index in [9.17, 15) is 19.5 Å². The van der Waals surface area contributed by atoms with Gasteiger partial charge in [0.25, 0.3) is 0 Å². The van der Waals surface area contributed by atoms with Gasteiger partial charge in [-0.15, -0.1) is 0 Å². The minimum atomic E-state index is -0.811. The molecule has 3 amide bonds. The molecule has 2 aromatic rings. The second-order valence-electron chi connectivity index (χ2n) is 10.2. The predicted octanol–water partition coefficient (Wildman–Crippen LogP) is 1.85. The number of nitrogens with zero attached hydrogens (tertiary/aromatic N) is 5. The van der Waals surface area contributed by atoms with Gasteiger partial charge in [-0.2, -0.15) is 5.10 Å². The molecule has 35 heavy (non-hydrogen) atoms. The van der Waals surface area contributed by atoms with E-state index in [4.69, 9.17) is 5.10 Å². The normalized spacial score (nSPS) is 26.3. The number of aryl methyl sites for hydroxylation is 1. The zero-order valence-electron chi connectivity index (χ0n) is 20.4. The number of piperazine rings is 1. The number of hydrogen-bond acceptors (Lipinski definition) is 6. The third-order valence-electron chi connectivity index (χ3n) is 8.00. The van der Waals surface area contributed by atoms with Gasteiger partial charge in [-0.25, -0.2) is 4.79 Å². The number of fused-ring (bicyclic) bond motifs is 1. The summed E-state index contributed by atoms with van der Waals surface area (Å²) in [7, 11) is 1.92. The van der Waals surface area contributed by atoms with Crippen LogP contribution in [-0.4, -0.2) is 88.4 Å². The van der Waals surface area contributed by atoms with Crippen LogP contribution in [0.4, 0.5) is 10.5 Å². The fraction of sp³-hybridized carbons (Fsp3) is 0.600. The summed E-state index contributed by atoms with van der Waals surface area (Å²) in [6.45, 7) is 8.15. The first-order valence-corrected chi connectivity index (χ1v) is 12.6. The molecule has 3 aliphatic heterocycles. The lowest BCUT2D eigenvalue weighted by Gasteiger charge is -2.41. The molecular weight excluding hydrogens is 448 g/mol. The summed E-state index contributed by atoms with van der Waals surface area (Å²) >= 11 is 0. The Morgan fingerprint density at radius 2 is 1.91 bits per heavy atom. The largest absolute Gasteiger partial charge is 0.465 e. The number of imide groups is 1. The lowest BCUT2D eigenvalue weighted by atomic mass is 9.86. The maximum Gasteiger partial charge on any atom is 0.407 e. The minimum Gasteiger partial charge on any atom is -0.465 e. The lowest BCUT2D eigenvalue weighted by Crippen LogP contribution is -2.51. The van der Waals surface area contributed by atoms with Crippen molar-refractivity contribution in [3.8, 4) is 0 Å². The van der Waals surface area contributed by atoms with Crippen molar-refractivity contribution < 1.29 is 19.5 Å². The molecule has 10 nitrogen and oxygen atoms in total. The molecular formula is C25H34N6O4. The maximum atomic E-state index is 12.5. The Labute approximate surface area is 204 Å². The van der Waals surface area contributed by atoms with Gasteiger partial charge >= 0.3 is 6.09 Å². The van der Waals surface area contributed by atoms with Crippen molar-refractivity contribution in [1.29, 1.82) is 0 Å². The van der Waals surface area contributed by atoms with Crippen molar-refractivity contribution in [2.45, 2.75) is 32.1 Å². The highest BCUT2D eigenvalue weighted by atomic mass is 16.4. The lowest BCUT2D eigenvalue weighted by molar-refractivity contribution is -0.134. The minimum absolute atomic E-state index is 0.216. The zero-order chi connectivity index (χ0) is 24.7. The van der Waals surface area contributed by atoms with Crippen molar-refractivity contribution >= 4 is 34.5 Å². The van der Waals surface area contributed by atoms with Crippen molar-refractivity contribution in [3.05, 3.63) is 23.9 Å². The van der Waals surface area contributed by atoms with Gasteiger partial charge in [0, 0.05) is 64.7 Å². The van der Waals surface area contributed by atoms with E-state index in [2.05, 4.69) is 28.1 Å². The Bertz CT molecular complexity index is 1140. The van der Waals surface area contributed by atoms with Gasteiger partial charge in [0.2, 0.25) is 11.8 Å². The third-order valence-corrected chi connectivity index (χ3v) is 8.00. The number of anilines is 1. The SMILES string of the molecule is C[C@@H]1CN(C(=O)O)CC[C@H]1CN1CCN(c2cccc3c(C4CCC(=O)NC4=O)nn(C)c23)CC1. The average Bonchev–Trinajstić information content (AvgIpc) is 3.17. The number of amides is 3. The fourth-order valence-electron chi connectivity index (χ4n) is 5.95. The number of rotatable bonds is 4. The molecule has 0 bridgehead atoms. The van der Waals surface area contributed by atoms with E-state index < -0.39 is 12.0 Å². The molecule has 4 heterocycles. The Balaban J connectivity index is 1.27. The molecule has 5 rings (SSSR count). The molecule has 3 aliphatic rings. The summed E-state index contributed by atoms with van der Waals surface area (Å²) < 4.78 is 1.87. The van der Waals surface area contributed by atoms with Crippen LogP contribution in [0, 0.1) is 11.8 Å². The van der Waals surface area contributed by atoms with E-state index in [0.717, 1.165) is 61.4 Å². The highest BCUT2D eigenvalue weighted by Gasteiger charge is 2.33. The Kier molecular flexibility index (Phi) is 6.39. The topological polar surface area (TPSA) is 111 Å². The first-order chi connectivity index (χ1) is 16.8. The first kappa shape index (κ1) is 23.6. The van der Waals surface area contributed by atoms with Crippen LogP contribution >= 0.6 is 0 Å². The van der Waals surface area contributed by atoms with E-state index in [1.165, 1.54) is 4.90 Å². The number of aromatic nitrogens is 2. The second-order valence-corrected chi connectivity index (χ2v) is 10.2. The molecule has 0 spiro atoms. The molecule has 1 aromatic carbocycles. The standard InChI is InChI=1S/C25H34N6O4/c1-16-14-31(25(34)35)9-8-17(16)15-29-10-12-30(13-11-29)20-5-3-4-18-22(27-28(2)23(18)20)19-6-7-21(32)26-24(19)33/h3-5,16-17,19H,6-15H2,1-2H3,(H,34,35)(H,26,32,33)/t16-,17+,19?/m1/s1. The van der Waals surface area contributed by atoms with Crippen molar-refractivity contribution in [1.82, 2.24) is 24.9 Å². The number of para-hydroxylation sites is 1. The molecule has 0 aliphatic carbocycles. The summed E-state index contributed by atoms with van der Waals surface area (Å²) in [6, 6.07) is 6.17. The quantitative estimate of drug-likeness (QED) is 0.640. The van der Waals surface area contributed by atoms with Gasteiger partial charge < -0.3 is 14.9 Å². The molecule has 2 N–H and O–H groups in total. The van der Waals surface area contributed by atoms with Gasteiger partial charge in [0.05, 0.1) is 22.8 Å². The number of likely N-dealkylation sites (tertiary alicyclic amines) is 1.